The number of anilines is 1. The molecule has 8 heteroatoms. The lowest BCUT2D eigenvalue weighted by molar-refractivity contribution is -0.0464. The lowest BCUT2D eigenvalue weighted by Gasteiger charge is -2.40. The third-order valence-corrected chi connectivity index (χ3v) is 4.88. The smallest absolute Gasteiger partial charge is 0.312 e. The molecule has 1 saturated carbocycles. The van der Waals surface area contributed by atoms with Crippen LogP contribution in [0.15, 0.2) is 41.6 Å². The monoisotopic (exact) mass is 384 g/mol. The highest BCUT2D eigenvalue weighted by Crippen LogP contribution is 2.43. The molecular weight excluding hydrogens is 366 g/mol. The quantitative estimate of drug-likeness (QED) is 0.799. The van der Waals surface area contributed by atoms with Gasteiger partial charge in [-0.2, -0.15) is 0 Å². The molecule has 4 rings (SSSR count). The Morgan fingerprint density at radius 3 is 2.79 bits per heavy atom. The van der Waals surface area contributed by atoms with Gasteiger partial charge in [-0.15, -0.1) is 0 Å². The number of urea groups is 1. The number of carbonyl (C=O) groups is 1. The highest BCUT2D eigenvalue weighted by atomic mass is 19.3. The summed E-state index contributed by atoms with van der Waals surface area (Å²) < 4.78 is 30.8. The largest absolute Gasteiger partial charge is 0.320 e. The van der Waals surface area contributed by atoms with E-state index >= 15 is 0 Å². The van der Waals surface area contributed by atoms with E-state index in [-0.39, 0.29) is 29.3 Å². The Bertz CT molecular complexity index is 1060. The zero-order valence-corrected chi connectivity index (χ0v) is 15.1. The summed E-state index contributed by atoms with van der Waals surface area (Å²) in [6.45, 7) is 0.958. The fourth-order valence-electron chi connectivity index (χ4n) is 3.20. The number of nitrogens with one attached hydrogen (secondary N) is 2. The second kappa shape index (κ2) is 6.44. The van der Waals surface area contributed by atoms with Crippen molar-refractivity contribution in [2.75, 3.05) is 5.32 Å². The van der Waals surface area contributed by atoms with Crippen molar-refractivity contribution >= 4 is 11.7 Å². The lowest BCUT2D eigenvalue weighted by Crippen LogP contribution is -2.59. The zero-order chi connectivity index (χ0) is 19.9. The van der Waals surface area contributed by atoms with E-state index in [9.17, 15) is 18.4 Å². The summed E-state index contributed by atoms with van der Waals surface area (Å²) in [5.41, 5.74) is -1.21. The number of carbonyl (C=O) groups excluding carboxylic acids is 1. The summed E-state index contributed by atoms with van der Waals surface area (Å²) in [5, 5.41) is 4.93. The molecule has 1 aliphatic carbocycles. The number of amides is 2. The van der Waals surface area contributed by atoms with Gasteiger partial charge in [-0.1, -0.05) is 24.0 Å². The van der Waals surface area contributed by atoms with Crippen LogP contribution in [0.3, 0.4) is 0 Å². The van der Waals surface area contributed by atoms with Crippen LogP contribution in [0.25, 0.3) is 0 Å². The summed E-state index contributed by atoms with van der Waals surface area (Å²) in [7, 11) is 0. The molecule has 144 valence electrons. The van der Waals surface area contributed by atoms with Crippen molar-refractivity contribution in [1.29, 1.82) is 0 Å². The minimum atomic E-state index is -3.30. The Morgan fingerprint density at radius 1 is 1.32 bits per heavy atom. The number of benzene rings is 1. The van der Waals surface area contributed by atoms with Gasteiger partial charge in [0.15, 0.2) is 5.54 Å². The average Bonchev–Trinajstić information content (AvgIpc) is 3.44. The molecular formula is C20H18F2N4O2. The molecule has 0 saturated heterocycles. The number of hydrogen-bond acceptors (Lipinski definition) is 3. The second-order valence-corrected chi connectivity index (χ2v) is 7.19. The topological polar surface area (TPSA) is 76.0 Å². The number of halogens is 2. The van der Waals surface area contributed by atoms with Crippen molar-refractivity contribution in [1.82, 2.24) is 14.9 Å². The van der Waals surface area contributed by atoms with Crippen molar-refractivity contribution in [3.63, 3.8) is 0 Å². The van der Waals surface area contributed by atoms with E-state index in [1.54, 1.807) is 12.1 Å². The highest BCUT2D eigenvalue weighted by molar-refractivity contribution is 5.95. The predicted octanol–water partition coefficient (Wildman–Crippen LogP) is 2.69. The standard InChI is InChI=1S/C20H18F2N4O2/c1-19(21,22)20(8-6-13-2-3-13)15-5-4-14(10-16(15)24-18(28)25-20)11-26-12-23-9-7-17(26)27/h4-5,7,9-10,12-13H,2-3,11H2,1H3,(H2,24,25,28)/t20-/m0/s1. The van der Waals surface area contributed by atoms with E-state index in [1.807, 2.05) is 0 Å². The molecule has 2 N–H and O–H groups in total. The van der Waals surface area contributed by atoms with Gasteiger partial charge in [0.25, 0.3) is 11.5 Å². The molecule has 1 aromatic carbocycles. The van der Waals surface area contributed by atoms with Crippen molar-refractivity contribution < 1.29 is 13.6 Å². The minimum Gasteiger partial charge on any atom is -0.312 e. The first-order valence-corrected chi connectivity index (χ1v) is 8.92. The molecule has 0 bridgehead atoms. The van der Waals surface area contributed by atoms with E-state index in [4.69, 9.17) is 0 Å². The van der Waals surface area contributed by atoms with Crippen LogP contribution in [0.4, 0.5) is 19.3 Å². The summed E-state index contributed by atoms with van der Waals surface area (Å²) in [5.74, 6) is 2.34. The van der Waals surface area contributed by atoms with Gasteiger partial charge in [0.2, 0.25) is 0 Å². The number of rotatable bonds is 3. The Labute approximate surface area is 160 Å². The first-order valence-electron chi connectivity index (χ1n) is 8.92. The molecule has 2 heterocycles. The molecule has 1 atom stereocenters. The minimum absolute atomic E-state index is 0.103. The van der Waals surface area contributed by atoms with E-state index in [0.29, 0.717) is 5.56 Å². The van der Waals surface area contributed by atoms with Crippen molar-refractivity contribution in [2.24, 2.45) is 5.92 Å². The maximum atomic E-state index is 14.7. The van der Waals surface area contributed by atoms with E-state index in [1.165, 1.54) is 29.2 Å². The van der Waals surface area contributed by atoms with E-state index < -0.39 is 17.5 Å². The molecule has 0 spiro atoms. The number of aromatic nitrogens is 2. The fraction of sp³-hybridized carbons (Fsp3) is 0.350. The van der Waals surface area contributed by atoms with Gasteiger partial charge in [0, 0.05) is 36.4 Å². The van der Waals surface area contributed by atoms with E-state index in [0.717, 1.165) is 19.8 Å². The molecule has 6 nitrogen and oxygen atoms in total. The van der Waals surface area contributed by atoms with Gasteiger partial charge in [0.05, 0.1) is 12.9 Å². The molecule has 2 aliphatic rings. The van der Waals surface area contributed by atoms with Gasteiger partial charge in [-0.25, -0.2) is 18.6 Å². The molecule has 2 amide bonds. The second-order valence-electron chi connectivity index (χ2n) is 7.19. The maximum Gasteiger partial charge on any atom is 0.320 e. The normalized spacial score (nSPS) is 21.0. The number of fused-ring (bicyclic) bond motifs is 1. The van der Waals surface area contributed by atoms with Crippen molar-refractivity contribution in [3.8, 4) is 11.8 Å². The Morgan fingerprint density at radius 2 is 2.11 bits per heavy atom. The summed E-state index contributed by atoms with van der Waals surface area (Å²) >= 11 is 0. The molecule has 1 aromatic heterocycles. The van der Waals surface area contributed by atoms with Crippen LogP contribution < -0.4 is 16.2 Å². The number of alkyl halides is 2. The summed E-state index contributed by atoms with van der Waals surface area (Å²) in [6.07, 6.45) is 4.56. The Kier molecular flexibility index (Phi) is 4.18. The average molecular weight is 384 g/mol. The maximum absolute atomic E-state index is 14.7. The third-order valence-electron chi connectivity index (χ3n) is 4.88. The van der Waals surface area contributed by atoms with E-state index in [2.05, 4.69) is 27.5 Å². The SMILES string of the molecule is CC(F)(F)[C@@]1(C#CC2CC2)NC(=O)Nc2cc(Cn3cnccc3=O)ccc21. The number of hydrogen-bond donors (Lipinski definition) is 2. The molecule has 1 fully saturated rings. The predicted molar refractivity (Wildman–Crippen MR) is 99.0 cm³/mol. The van der Waals surface area contributed by atoms with Crippen LogP contribution in [-0.4, -0.2) is 21.5 Å². The highest BCUT2D eigenvalue weighted by Gasteiger charge is 2.55. The van der Waals surface area contributed by atoms with Gasteiger partial charge in [-0.3, -0.25) is 9.36 Å². The molecule has 2 aromatic rings. The van der Waals surface area contributed by atoms with Crippen molar-refractivity contribution in [3.05, 3.63) is 58.3 Å². The molecule has 1 aliphatic heterocycles. The van der Waals surface area contributed by atoms with Crippen LogP contribution in [-0.2, 0) is 12.1 Å². The first-order chi connectivity index (χ1) is 13.3. The van der Waals surface area contributed by atoms with Crippen LogP contribution in [0, 0.1) is 17.8 Å². The van der Waals surface area contributed by atoms with Crippen LogP contribution in [0.2, 0.25) is 0 Å². The summed E-state index contributed by atoms with van der Waals surface area (Å²) in [6, 6.07) is 5.36. The first kappa shape index (κ1) is 18.2. The Hall–Kier alpha value is -3.21. The lowest BCUT2D eigenvalue weighted by atomic mass is 9.81. The van der Waals surface area contributed by atoms with Crippen LogP contribution in [0.1, 0.15) is 30.9 Å². The molecule has 0 radical (unpaired) electrons. The van der Waals surface area contributed by atoms with Crippen LogP contribution in [0.5, 0.6) is 0 Å². The van der Waals surface area contributed by atoms with Crippen LogP contribution >= 0.6 is 0 Å². The van der Waals surface area contributed by atoms with Gasteiger partial charge < -0.3 is 10.6 Å². The molecule has 0 unspecified atom stereocenters. The number of nitrogens with zero attached hydrogens (tertiary/aromatic N) is 2. The third kappa shape index (κ3) is 3.24. The summed E-state index contributed by atoms with van der Waals surface area (Å²) in [4.78, 5) is 28.0. The Balaban J connectivity index is 1.78. The van der Waals surface area contributed by atoms with Gasteiger partial charge >= 0.3 is 6.03 Å². The fourth-order valence-corrected chi connectivity index (χ4v) is 3.20. The van der Waals surface area contributed by atoms with Gasteiger partial charge in [0.1, 0.15) is 0 Å². The van der Waals surface area contributed by atoms with Gasteiger partial charge in [-0.05, 0) is 24.5 Å². The molecule has 28 heavy (non-hydrogen) atoms. The zero-order valence-electron chi connectivity index (χ0n) is 15.1. The van der Waals surface area contributed by atoms with Crippen molar-refractivity contribution in [2.45, 2.75) is 37.8 Å².